The lowest BCUT2D eigenvalue weighted by atomic mass is 10.1. The van der Waals surface area contributed by atoms with Gasteiger partial charge in [-0.3, -0.25) is 0 Å². The molecule has 0 N–H and O–H groups in total. The summed E-state index contributed by atoms with van der Waals surface area (Å²) in [5, 5.41) is 2.68. The molecule has 0 fully saturated rings. The SMILES string of the molecule is CC.CC.CC.CC.CCC(C)C.CCC(C)CC.Cc1cccc2ccccc12.Cc1ccccc1. The highest BCUT2D eigenvalue weighted by Gasteiger charge is 1.92. The lowest BCUT2D eigenvalue weighted by Gasteiger charge is -1.98. The molecule has 3 aromatic rings. The third kappa shape index (κ3) is 31.9. The maximum atomic E-state index is 2.28. The molecule has 0 aliphatic carbocycles. The van der Waals surface area contributed by atoms with E-state index in [-0.39, 0.29) is 0 Å². The van der Waals surface area contributed by atoms with E-state index in [2.05, 4.69) is 110 Å². The zero-order chi connectivity index (χ0) is 30.1. The summed E-state index contributed by atoms with van der Waals surface area (Å²) in [4.78, 5) is 0. The molecule has 0 nitrogen and oxygen atoms in total. The van der Waals surface area contributed by atoms with Gasteiger partial charge < -0.3 is 0 Å². The Balaban J connectivity index is -0.000000117. The number of hydrogen-bond acceptors (Lipinski definition) is 0. The van der Waals surface area contributed by atoms with Crippen LogP contribution in [-0.4, -0.2) is 0 Å². The van der Waals surface area contributed by atoms with Crippen LogP contribution in [-0.2, 0) is 0 Å². The van der Waals surface area contributed by atoms with Crippen LogP contribution in [0.4, 0.5) is 0 Å². The minimum absolute atomic E-state index is 0.884. The van der Waals surface area contributed by atoms with Gasteiger partial charge >= 0.3 is 0 Å². The standard InChI is InChI=1S/C11H10.C7H8.C6H14.C5H12.4C2H6/c1-9-5-4-7-10-6-2-3-8-11(9)10;1-7-5-3-2-4-6-7;1-4-6(3)5-2;1-4-5(2)3;4*1-2/h2-8H,1H3;2-6H,1H3;6H,4-5H2,1-3H3;5H,4H2,1-3H3;4*1-2H3. The largest absolute Gasteiger partial charge is 0.0683 e. The fourth-order valence-electron chi connectivity index (χ4n) is 2.21. The van der Waals surface area contributed by atoms with Crippen molar-refractivity contribution in [3.05, 3.63) is 83.9 Å². The summed E-state index contributed by atoms with van der Waals surface area (Å²) in [6, 6.07) is 25.1. The van der Waals surface area contributed by atoms with E-state index in [9.17, 15) is 0 Å². The van der Waals surface area contributed by atoms with Crippen molar-refractivity contribution in [2.75, 3.05) is 0 Å². The van der Waals surface area contributed by atoms with Gasteiger partial charge in [-0.05, 0) is 42.0 Å². The van der Waals surface area contributed by atoms with E-state index in [0.717, 1.165) is 11.8 Å². The van der Waals surface area contributed by atoms with Gasteiger partial charge in [-0.2, -0.15) is 0 Å². The highest BCUT2D eigenvalue weighted by Crippen LogP contribution is 2.16. The summed E-state index contributed by atoms with van der Waals surface area (Å²) < 4.78 is 0. The zero-order valence-electron chi connectivity index (χ0n) is 28.2. The van der Waals surface area contributed by atoms with Crippen molar-refractivity contribution in [2.24, 2.45) is 11.8 Å². The molecule has 0 radical (unpaired) electrons. The zero-order valence-corrected chi connectivity index (χ0v) is 28.2. The third-order valence-corrected chi connectivity index (χ3v) is 5.16. The molecule has 0 spiro atoms. The lowest BCUT2D eigenvalue weighted by molar-refractivity contribution is 0.544. The van der Waals surface area contributed by atoms with E-state index >= 15 is 0 Å². The van der Waals surface area contributed by atoms with Crippen LogP contribution in [0.15, 0.2) is 72.8 Å². The second-order valence-corrected chi connectivity index (χ2v) is 8.17. The maximum Gasteiger partial charge on any atom is -0.0155 e. The first-order valence-corrected chi connectivity index (χ1v) is 15.3. The number of aryl methyl sites for hydroxylation is 2. The van der Waals surface area contributed by atoms with E-state index in [1.165, 1.54) is 41.2 Å². The quantitative estimate of drug-likeness (QED) is 0.327. The Morgan fingerprint density at radius 3 is 1.16 bits per heavy atom. The minimum Gasteiger partial charge on any atom is -0.0683 e. The van der Waals surface area contributed by atoms with Crippen molar-refractivity contribution < 1.29 is 0 Å². The number of benzene rings is 3. The molecule has 0 unspecified atom stereocenters. The van der Waals surface area contributed by atoms with Gasteiger partial charge in [-0.1, -0.05) is 195 Å². The van der Waals surface area contributed by atoms with Gasteiger partial charge in [0.2, 0.25) is 0 Å². The summed E-state index contributed by atoms with van der Waals surface area (Å²) in [6.45, 7) is 33.6. The van der Waals surface area contributed by atoms with Gasteiger partial charge in [0.05, 0.1) is 0 Å². The first kappa shape index (κ1) is 44.9. The van der Waals surface area contributed by atoms with E-state index in [0.29, 0.717) is 0 Å². The topological polar surface area (TPSA) is 0 Å². The number of hydrogen-bond donors (Lipinski definition) is 0. The molecule has 0 aliphatic heterocycles. The summed E-state index contributed by atoms with van der Waals surface area (Å²) >= 11 is 0. The highest BCUT2D eigenvalue weighted by atomic mass is 14.0. The summed E-state index contributed by atoms with van der Waals surface area (Å²) in [5.74, 6) is 1.82. The van der Waals surface area contributed by atoms with Gasteiger partial charge in [0, 0.05) is 0 Å². The molecule has 3 rings (SSSR count). The average Bonchev–Trinajstić information content (AvgIpc) is 2.98. The van der Waals surface area contributed by atoms with Crippen molar-refractivity contribution in [2.45, 2.75) is 130 Å². The molecule has 0 saturated heterocycles. The lowest BCUT2D eigenvalue weighted by Crippen LogP contribution is -1.85. The molecule has 0 amide bonds. The molecule has 0 atom stereocenters. The normalized spacial score (nSPS) is 8.27. The Labute approximate surface area is 236 Å². The highest BCUT2D eigenvalue weighted by molar-refractivity contribution is 5.85. The molecule has 37 heavy (non-hydrogen) atoms. The molecular formula is C37H68. The minimum atomic E-state index is 0.884. The second-order valence-electron chi connectivity index (χ2n) is 8.17. The molecule has 216 valence electrons. The van der Waals surface area contributed by atoms with Crippen LogP contribution < -0.4 is 0 Å². The van der Waals surface area contributed by atoms with Crippen molar-refractivity contribution in [3.8, 4) is 0 Å². The third-order valence-electron chi connectivity index (χ3n) is 5.16. The van der Waals surface area contributed by atoms with E-state index in [4.69, 9.17) is 0 Å². The van der Waals surface area contributed by atoms with E-state index in [1.54, 1.807) is 0 Å². The van der Waals surface area contributed by atoms with Crippen LogP contribution in [0.5, 0.6) is 0 Å². The molecule has 0 heteroatoms. The molecular weight excluding hydrogens is 444 g/mol. The van der Waals surface area contributed by atoms with Crippen molar-refractivity contribution in [3.63, 3.8) is 0 Å². The molecule has 0 aliphatic rings. The smallest absolute Gasteiger partial charge is 0.0155 e. The van der Waals surface area contributed by atoms with Crippen LogP contribution in [0.3, 0.4) is 0 Å². The summed E-state index contributed by atoms with van der Waals surface area (Å²) in [6.07, 6.45) is 3.97. The first-order valence-electron chi connectivity index (χ1n) is 15.3. The van der Waals surface area contributed by atoms with Gasteiger partial charge in [0.25, 0.3) is 0 Å². The Hall–Kier alpha value is -2.08. The molecule has 0 saturated carbocycles. The summed E-state index contributed by atoms with van der Waals surface area (Å²) in [5.41, 5.74) is 2.67. The Kier molecular flexibility index (Phi) is 46.6. The molecule has 0 heterocycles. The first-order chi connectivity index (χ1) is 17.8. The molecule has 3 aromatic carbocycles. The van der Waals surface area contributed by atoms with Crippen LogP contribution in [0.2, 0.25) is 0 Å². The fourth-order valence-corrected chi connectivity index (χ4v) is 2.21. The van der Waals surface area contributed by atoms with Crippen molar-refractivity contribution in [1.29, 1.82) is 0 Å². The Bertz CT molecular complexity index is 731. The molecule has 0 bridgehead atoms. The van der Waals surface area contributed by atoms with Gasteiger partial charge in [0.1, 0.15) is 0 Å². The fraction of sp³-hybridized carbons (Fsp3) is 0.568. The monoisotopic (exact) mass is 513 g/mol. The second kappa shape index (κ2) is 38.5. The van der Waals surface area contributed by atoms with E-state index < -0.39 is 0 Å². The Morgan fingerprint density at radius 2 is 0.865 bits per heavy atom. The number of rotatable bonds is 3. The van der Waals surface area contributed by atoms with Gasteiger partial charge in [-0.25, -0.2) is 0 Å². The van der Waals surface area contributed by atoms with Crippen molar-refractivity contribution >= 4 is 10.8 Å². The number of fused-ring (bicyclic) bond motifs is 1. The van der Waals surface area contributed by atoms with Crippen molar-refractivity contribution in [1.82, 2.24) is 0 Å². The van der Waals surface area contributed by atoms with Crippen LogP contribution in [0, 0.1) is 25.7 Å². The maximum absolute atomic E-state index is 2.28. The predicted molar refractivity (Wildman–Crippen MR) is 180 cm³/mol. The van der Waals surface area contributed by atoms with Crippen LogP contribution >= 0.6 is 0 Å². The van der Waals surface area contributed by atoms with Crippen LogP contribution in [0.25, 0.3) is 10.8 Å². The van der Waals surface area contributed by atoms with E-state index in [1.807, 2.05) is 73.6 Å². The predicted octanol–water partition coefficient (Wildman–Crippen LogP) is 13.7. The van der Waals surface area contributed by atoms with Gasteiger partial charge in [-0.15, -0.1) is 0 Å². The molecule has 0 aromatic heterocycles. The summed E-state index contributed by atoms with van der Waals surface area (Å²) in [7, 11) is 0. The Morgan fingerprint density at radius 1 is 0.486 bits per heavy atom. The average molecular weight is 513 g/mol. The van der Waals surface area contributed by atoms with Gasteiger partial charge in [0.15, 0.2) is 0 Å². The van der Waals surface area contributed by atoms with Crippen LogP contribution in [0.1, 0.15) is 127 Å².